The van der Waals surface area contributed by atoms with Gasteiger partial charge in [0.2, 0.25) is 11.8 Å². The monoisotopic (exact) mass is 586 g/mol. The zero-order valence-corrected chi connectivity index (χ0v) is 21.7. The van der Waals surface area contributed by atoms with E-state index in [1.165, 1.54) is 0 Å². The topological polar surface area (TPSA) is 286 Å². The van der Waals surface area contributed by atoms with E-state index in [1.54, 1.807) is 0 Å². The van der Waals surface area contributed by atoms with Crippen molar-refractivity contribution < 1.29 is 79.2 Å². The van der Waals surface area contributed by atoms with Crippen molar-refractivity contribution in [2.75, 3.05) is 19.8 Å². The normalized spacial score (nSPS) is 46.0. The Bertz CT molecular complexity index is 852. The first-order valence-electron chi connectivity index (χ1n) is 12.6. The predicted molar refractivity (Wildman–Crippen MR) is 124 cm³/mol. The van der Waals surface area contributed by atoms with Crippen molar-refractivity contribution in [1.82, 2.24) is 10.6 Å². The van der Waals surface area contributed by atoms with Crippen LogP contribution in [0.25, 0.3) is 0 Å². The van der Waals surface area contributed by atoms with Gasteiger partial charge in [0.15, 0.2) is 18.9 Å². The summed E-state index contributed by atoms with van der Waals surface area (Å²) in [7, 11) is 0. The quantitative estimate of drug-likeness (QED) is 0.120. The molecular weight excluding hydrogens is 548 g/mol. The molecule has 0 saturated carbocycles. The number of aliphatic hydroxyl groups excluding tert-OH is 9. The Kier molecular flexibility index (Phi) is 11.5. The minimum Gasteiger partial charge on any atom is -0.394 e. The number of carbonyl (C=O) groups is 2. The highest BCUT2D eigenvalue weighted by molar-refractivity contribution is 5.73. The summed E-state index contributed by atoms with van der Waals surface area (Å²) < 4.78 is 27.4. The molecule has 0 aromatic carbocycles. The smallest absolute Gasteiger partial charge is 0.217 e. The third-order valence-corrected chi connectivity index (χ3v) is 6.88. The molecule has 0 unspecified atom stereocenters. The third-order valence-electron chi connectivity index (χ3n) is 6.88. The number of ether oxygens (including phenoxy) is 5. The first kappa shape index (κ1) is 32.9. The van der Waals surface area contributed by atoms with Gasteiger partial charge in [-0.05, 0) is 0 Å². The van der Waals surface area contributed by atoms with Gasteiger partial charge < -0.3 is 80.3 Å². The van der Waals surface area contributed by atoms with Crippen LogP contribution in [-0.4, -0.2) is 170 Å². The van der Waals surface area contributed by atoms with Gasteiger partial charge in [0, 0.05) is 13.8 Å². The summed E-state index contributed by atoms with van der Waals surface area (Å²) in [4.78, 5) is 23.4. The van der Waals surface area contributed by atoms with Gasteiger partial charge in [0.1, 0.15) is 73.1 Å². The highest BCUT2D eigenvalue weighted by Gasteiger charge is 2.52. The lowest BCUT2D eigenvalue weighted by Gasteiger charge is -2.47. The van der Waals surface area contributed by atoms with E-state index in [1.807, 2.05) is 0 Å². The molecule has 3 aliphatic rings. The molecule has 11 N–H and O–H groups in total. The summed E-state index contributed by atoms with van der Waals surface area (Å²) in [6.45, 7) is 0.184. The molecule has 3 fully saturated rings. The average molecular weight is 587 g/mol. The maximum absolute atomic E-state index is 11.8. The summed E-state index contributed by atoms with van der Waals surface area (Å²) in [6.07, 6.45) is -21.0. The fraction of sp³-hybridized carbons (Fsp3) is 0.909. The molecule has 3 rings (SSSR count). The molecule has 40 heavy (non-hydrogen) atoms. The summed E-state index contributed by atoms with van der Waals surface area (Å²) in [5.74, 6) is -1.26. The van der Waals surface area contributed by atoms with Crippen molar-refractivity contribution in [3.05, 3.63) is 0 Å². The second-order valence-electron chi connectivity index (χ2n) is 9.85. The van der Waals surface area contributed by atoms with Crippen LogP contribution in [0.4, 0.5) is 0 Å². The Morgan fingerprint density at radius 1 is 0.650 bits per heavy atom. The molecule has 0 bridgehead atoms. The van der Waals surface area contributed by atoms with Crippen molar-refractivity contribution in [2.24, 2.45) is 0 Å². The van der Waals surface area contributed by atoms with Crippen molar-refractivity contribution in [3.8, 4) is 0 Å². The molecule has 232 valence electrons. The van der Waals surface area contributed by atoms with Crippen molar-refractivity contribution in [3.63, 3.8) is 0 Å². The van der Waals surface area contributed by atoms with Crippen LogP contribution in [-0.2, 0) is 33.3 Å². The van der Waals surface area contributed by atoms with Crippen LogP contribution in [0.5, 0.6) is 0 Å². The fourth-order valence-corrected chi connectivity index (χ4v) is 4.76. The lowest BCUT2D eigenvalue weighted by atomic mass is 9.95. The Balaban J connectivity index is 1.78. The maximum Gasteiger partial charge on any atom is 0.217 e. The van der Waals surface area contributed by atoms with Crippen LogP contribution >= 0.6 is 0 Å². The Morgan fingerprint density at radius 3 is 1.73 bits per heavy atom. The molecule has 18 nitrogen and oxygen atoms in total. The molecule has 3 saturated heterocycles. The van der Waals surface area contributed by atoms with Gasteiger partial charge in [0.05, 0.1) is 19.8 Å². The maximum atomic E-state index is 11.8. The van der Waals surface area contributed by atoms with Gasteiger partial charge in [-0.1, -0.05) is 0 Å². The van der Waals surface area contributed by atoms with Crippen molar-refractivity contribution in [1.29, 1.82) is 0 Å². The minimum atomic E-state index is -1.87. The van der Waals surface area contributed by atoms with Crippen LogP contribution in [0, 0.1) is 0 Å². The number of hydrogen-bond donors (Lipinski definition) is 11. The zero-order chi connectivity index (χ0) is 29.9. The van der Waals surface area contributed by atoms with Gasteiger partial charge in [-0.15, -0.1) is 0 Å². The highest BCUT2D eigenvalue weighted by atomic mass is 16.7. The SMILES string of the molecule is CC(=O)N[C@@H]1[C@@H](O[C@H]2O[C@@H](CO)[C@H](O)[C@@H](O)[C@@H]2O)[C@H](O)[C@H](CO[C@H]2O[C@@H](CO)[C@@H](O)[C@H](O)[C@H]2NC(C)=O)O[C@@H]1O. The van der Waals surface area contributed by atoms with Crippen LogP contribution < -0.4 is 10.6 Å². The van der Waals surface area contributed by atoms with Crippen LogP contribution in [0.15, 0.2) is 0 Å². The highest BCUT2D eigenvalue weighted by Crippen LogP contribution is 2.30. The van der Waals surface area contributed by atoms with E-state index >= 15 is 0 Å². The lowest BCUT2D eigenvalue weighted by Crippen LogP contribution is -2.68. The second-order valence-corrected chi connectivity index (χ2v) is 9.85. The summed E-state index contributed by atoms with van der Waals surface area (Å²) in [5, 5.41) is 96.3. The summed E-state index contributed by atoms with van der Waals surface area (Å²) in [6, 6.07) is -2.75. The first-order valence-corrected chi connectivity index (χ1v) is 12.6. The number of nitrogens with one attached hydrogen (secondary N) is 2. The van der Waals surface area contributed by atoms with Gasteiger partial charge in [-0.2, -0.15) is 0 Å². The van der Waals surface area contributed by atoms with E-state index < -0.39 is 124 Å². The Morgan fingerprint density at radius 2 is 1.18 bits per heavy atom. The molecule has 2 amide bonds. The van der Waals surface area contributed by atoms with E-state index in [9.17, 15) is 55.5 Å². The van der Waals surface area contributed by atoms with Gasteiger partial charge in [-0.25, -0.2) is 0 Å². The van der Waals surface area contributed by atoms with Crippen LogP contribution in [0.3, 0.4) is 0 Å². The number of hydrogen-bond acceptors (Lipinski definition) is 16. The number of amides is 2. The molecule has 0 spiro atoms. The number of carbonyl (C=O) groups excluding carboxylic acids is 2. The fourth-order valence-electron chi connectivity index (χ4n) is 4.76. The van der Waals surface area contributed by atoms with E-state index in [0.29, 0.717) is 0 Å². The molecule has 0 aliphatic carbocycles. The predicted octanol–water partition coefficient (Wildman–Crippen LogP) is -7.29. The average Bonchev–Trinajstić information content (AvgIpc) is 2.90. The second kappa shape index (κ2) is 14.0. The van der Waals surface area contributed by atoms with E-state index in [0.717, 1.165) is 13.8 Å². The zero-order valence-electron chi connectivity index (χ0n) is 21.7. The third kappa shape index (κ3) is 7.23. The Labute approximate surface area is 228 Å². The van der Waals surface area contributed by atoms with Gasteiger partial charge in [-0.3, -0.25) is 9.59 Å². The first-order chi connectivity index (χ1) is 18.8. The number of rotatable bonds is 9. The van der Waals surface area contributed by atoms with Crippen molar-refractivity contribution in [2.45, 2.75) is 106 Å². The molecule has 3 heterocycles. The molecule has 18 heteroatoms. The summed E-state index contributed by atoms with van der Waals surface area (Å²) >= 11 is 0. The number of aliphatic hydroxyl groups is 9. The van der Waals surface area contributed by atoms with Gasteiger partial charge in [0.25, 0.3) is 0 Å². The van der Waals surface area contributed by atoms with Gasteiger partial charge >= 0.3 is 0 Å². The lowest BCUT2D eigenvalue weighted by molar-refractivity contribution is -0.345. The minimum absolute atomic E-state index is 0.596. The van der Waals surface area contributed by atoms with Crippen LogP contribution in [0.1, 0.15) is 13.8 Å². The molecule has 0 aromatic rings. The Hall–Kier alpha value is -1.62. The molecular formula is C22H38N2O16. The molecule has 3 aliphatic heterocycles. The summed E-state index contributed by atoms with van der Waals surface area (Å²) in [5.41, 5.74) is 0. The molecule has 0 radical (unpaired) electrons. The van der Waals surface area contributed by atoms with Crippen LogP contribution in [0.2, 0.25) is 0 Å². The van der Waals surface area contributed by atoms with Crippen molar-refractivity contribution >= 4 is 11.8 Å². The van der Waals surface area contributed by atoms with E-state index in [2.05, 4.69) is 10.6 Å². The molecule has 15 atom stereocenters. The largest absolute Gasteiger partial charge is 0.394 e. The molecule has 0 aromatic heterocycles. The van der Waals surface area contributed by atoms with E-state index in [4.69, 9.17) is 23.7 Å². The van der Waals surface area contributed by atoms with E-state index in [-0.39, 0.29) is 0 Å². The standard InChI is InChI=1S/C22H38N2O16/c1-6(27)23-11-16(32)13(29)8(3-25)38-21(11)36-5-10-15(31)19(12(20(35)37-10)24-7(2)28)40-22-18(34)17(33)14(30)9(4-26)39-22/h8-22,25-26,29-35H,3-5H2,1-2H3,(H,23,27)(H,24,28)/t8-,9-,10-,11+,12+,13+,14-,15+,16+,17+,18-,19+,20-,21-,22+/m0/s1.